The van der Waals surface area contributed by atoms with Gasteiger partial charge in [0.2, 0.25) is 0 Å². The molecule has 1 saturated heterocycles. The third-order valence-corrected chi connectivity index (χ3v) is 5.79. The van der Waals surface area contributed by atoms with Crippen LogP contribution in [-0.2, 0) is 0 Å². The number of para-hydroxylation sites is 2. The molecule has 2 aromatic carbocycles. The number of aromatic nitrogens is 4. The van der Waals surface area contributed by atoms with Crippen LogP contribution in [0.2, 0.25) is 0 Å². The number of ether oxygens (including phenoxy) is 2. The minimum atomic E-state index is -0.0249. The van der Waals surface area contributed by atoms with Crippen molar-refractivity contribution in [1.82, 2.24) is 25.1 Å². The minimum absolute atomic E-state index is 0.0249. The van der Waals surface area contributed by atoms with E-state index in [1.54, 1.807) is 14.2 Å². The topological polar surface area (TPSA) is 68.5 Å². The summed E-state index contributed by atoms with van der Waals surface area (Å²) >= 11 is 0. The molecule has 1 aromatic heterocycles. The molecule has 0 aliphatic carbocycles. The number of nitrogens with zero attached hydrogens (tertiary/aromatic N) is 6. The number of tetrazole rings is 1. The van der Waals surface area contributed by atoms with Gasteiger partial charge >= 0.3 is 0 Å². The van der Waals surface area contributed by atoms with E-state index in [9.17, 15) is 0 Å². The van der Waals surface area contributed by atoms with Gasteiger partial charge in [0.25, 0.3) is 0 Å². The summed E-state index contributed by atoms with van der Waals surface area (Å²) in [6, 6.07) is 16.6. The van der Waals surface area contributed by atoms with Crippen LogP contribution < -0.4 is 14.4 Å². The maximum absolute atomic E-state index is 5.57. The molecule has 0 spiro atoms. The summed E-state index contributed by atoms with van der Waals surface area (Å²) in [6.45, 7) is 7.78. The van der Waals surface area contributed by atoms with E-state index in [0.717, 1.165) is 54.8 Å². The van der Waals surface area contributed by atoms with E-state index < -0.39 is 0 Å². The summed E-state index contributed by atoms with van der Waals surface area (Å²) in [4.78, 5) is 4.84. The van der Waals surface area contributed by atoms with Crippen molar-refractivity contribution >= 4 is 5.69 Å². The molecule has 0 amide bonds. The number of piperazine rings is 1. The van der Waals surface area contributed by atoms with Crippen LogP contribution in [0.1, 0.15) is 37.3 Å². The molecule has 4 rings (SSSR count). The Kier molecular flexibility index (Phi) is 6.36. The fourth-order valence-corrected chi connectivity index (χ4v) is 4.17. The van der Waals surface area contributed by atoms with Gasteiger partial charge in [0, 0.05) is 26.2 Å². The maximum atomic E-state index is 5.57. The van der Waals surface area contributed by atoms with Crippen molar-refractivity contribution < 1.29 is 9.47 Å². The van der Waals surface area contributed by atoms with E-state index in [4.69, 9.17) is 9.47 Å². The molecule has 164 valence electrons. The molecule has 1 unspecified atom stereocenters. The van der Waals surface area contributed by atoms with Crippen LogP contribution in [0.25, 0.3) is 0 Å². The summed E-state index contributed by atoms with van der Waals surface area (Å²) in [7, 11) is 3.41. The van der Waals surface area contributed by atoms with Gasteiger partial charge in [-0.25, -0.2) is 4.68 Å². The molecule has 3 aromatic rings. The van der Waals surface area contributed by atoms with Gasteiger partial charge in [-0.1, -0.05) is 24.3 Å². The standard InChI is InChI=1S/C23H30N6O2/c1-17(2)29-23(24-25-26-29)22(18-9-11-19(30-3)12-10-18)28-15-13-27(14-16-28)20-7-5-6-8-21(20)31-4/h5-12,17,22H,13-16H2,1-4H3. The van der Waals surface area contributed by atoms with E-state index in [0.29, 0.717) is 0 Å². The first-order valence-electron chi connectivity index (χ1n) is 10.7. The summed E-state index contributed by atoms with van der Waals surface area (Å²) in [6.07, 6.45) is 0. The van der Waals surface area contributed by atoms with Crippen LogP contribution in [0.5, 0.6) is 11.5 Å². The molecule has 1 aliphatic heterocycles. The molecule has 31 heavy (non-hydrogen) atoms. The van der Waals surface area contributed by atoms with Crippen LogP contribution in [0.4, 0.5) is 5.69 Å². The normalized spacial score (nSPS) is 15.8. The highest BCUT2D eigenvalue weighted by Gasteiger charge is 2.31. The van der Waals surface area contributed by atoms with Gasteiger partial charge in [-0.15, -0.1) is 5.10 Å². The van der Waals surface area contributed by atoms with E-state index in [1.165, 1.54) is 0 Å². The van der Waals surface area contributed by atoms with Crippen molar-refractivity contribution in [3.05, 3.63) is 59.9 Å². The van der Waals surface area contributed by atoms with Gasteiger partial charge in [0.05, 0.1) is 32.0 Å². The number of hydrogen-bond donors (Lipinski definition) is 0. The van der Waals surface area contributed by atoms with Gasteiger partial charge in [-0.05, 0) is 54.1 Å². The zero-order chi connectivity index (χ0) is 21.8. The van der Waals surface area contributed by atoms with E-state index in [2.05, 4.69) is 63.4 Å². The van der Waals surface area contributed by atoms with E-state index >= 15 is 0 Å². The summed E-state index contributed by atoms with van der Waals surface area (Å²) in [5, 5.41) is 12.7. The first-order valence-corrected chi connectivity index (χ1v) is 10.7. The molecular weight excluding hydrogens is 392 g/mol. The SMILES string of the molecule is COc1ccc(C(c2nnnn2C(C)C)N2CCN(c3ccccc3OC)CC2)cc1. The number of methoxy groups -OCH3 is 2. The van der Waals surface area contributed by atoms with E-state index in [-0.39, 0.29) is 12.1 Å². The predicted octanol–water partition coefficient (Wildman–Crippen LogP) is 3.18. The molecule has 1 fully saturated rings. The Morgan fingerprint density at radius 1 is 0.871 bits per heavy atom. The predicted molar refractivity (Wildman–Crippen MR) is 120 cm³/mol. The zero-order valence-corrected chi connectivity index (χ0v) is 18.6. The number of rotatable bonds is 7. The monoisotopic (exact) mass is 422 g/mol. The Labute approximate surface area is 183 Å². The maximum Gasteiger partial charge on any atom is 0.173 e. The quantitative estimate of drug-likeness (QED) is 0.579. The van der Waals surface area contributed by atoms with Crippen molar-refractivity contribution in [2.24, 2.45) is 0 Å². The second-order valence-corrected chi connectivity index (χ2v) is 7.95. The molecule has 0 saturated carbocycles. The van der Waals surface area contributed by atoms with Crippen molar-refractivity contribution in [2.75, 3.05) is 45.3 Å². The third kappa shape index (κ3) is 4.34. The smallest absolute Gasteiger partial charge is 0.173 e. The van der Waals surface area contributed by atoms with Crippen molar-refractivity contribution in [2.45, 2.75) is 25.9 Å². The highest BCUT2D eigenvalue weighted by molar-refractivity contribution is 5.58. The highest BCUT2D eigenvalue weighted by atomic mass is 16.5. The van der Waals surface area contributed by atoms with Crippen molar-refractivity contribution in [3.8, 4) is 11.5 Å². The molecule has 0 bridgehead atoms. The molecule has 8 nitrogen and oxygen atoms in total. The average Bonchev–Trinajstić information content (AvgIpc) is 3.30. The number of anilines is 1. The highest BCUT2D eigenvalue weighted by Crippen LogP contribution is 2.33. The van der Waals surface area contributed by atoms with Gasteiger partial charge in [0.15, 0.2) is 5.82 Å². The van der Waals surface area contributed by atoms with Crippen molar-refractivity contribution in [1.29, 1.82) is 0 Å². The van der Waals surface area contributed by atoms with Crippen LogP contribution in [0.3, 0.4) is 0 Å². The first kappa shape index (κ1) is 21.1. The Hall–Kier alpha value is -3.13. The molecule has 0 radical (unpaired) electrons. The van der Waals surface area contributed by atoms with Crippen LogP contribution in [0.15, 0.2) is 48.5 Å². The van der Waals surface area contributed by atoms with E-state index in [1.807, 2.05) is 28.9 Å². The second-order valence-electron chi connectivity index (χ2n) is 7.95. The van der Waals surface area contributed by atoms with Crippen LogP contribution >= 0.6 is 0 Å². The number of benzene rings is 2. The molecule has 2 heterocycles. The van der Waals surface area contributed by atoms with Crippen LogP contribution in [0, 0.1) is 0 Å². The summed E-state index contributed by atoms with van der Waals surface area (Å²) in [5.74, 6) is 2.62. The number of hydrogen-bond acceptors (Lipinski definition) is 7. The molecule has 0 N–H and O–H groups in total. The summed E-state index contributed by atoms with van der Waals surface area (Å²) in [5.41, 5.74) is 2.29. The van der Waals surface area contributed by atoms with Crippen molar-refractivity contribution in [3.63, 3.8) is 0 Å². The fourth-order valence-electron chi connectivity index (χ4n) is 4.17. The van der Waals surface area contributed by atoms with Gasteiger partial charge in [-0.2, -0.15) is 0 Å². The Balaban J connectivity index is 1.61. The van der Waals surface area contributed by atoms with Crippen LogP contribution in [-0.4, -0.2) is 65.5 Å². The Bertz CT molecular complexity index is 980. The molecule has 1 atom stereocenters. The van der Waals surface area contributed by atoms with Gasteiger partial charge in [-0.3, -0.25) is 4.90 Å². The second kappa shape index (κ2) is 9.34. The Morgan fingerprint density at radius 3 is 2.23 bits per heavy atom. The zero-order valence-electron chi connectivity index (χ0n) is 18.6. The lowest BCUT2D eigenvalue weighted by atomic mass is 10.0. The lowest BCUT2D eigenvalue weighted by Crippen LogP contribution is -2.48. The van der Waals surface area contributed by atoms with Gasteiger partial charge in [0.1, 0.15) is 11.5 Å². The average molecular weight is 423 g/mol. The molecule has 1 aliphatic rings. The Morgan fingerprint density at radius 2 is 1.58 bits per heavy atom. The molecular formula is C23H30N6O2. The fraction of sp³-hybridized carbons (Fsp3) is 0.435. The lowest BCUT2D eigenvalue weighted by molar-refractivity contribution is 0.198. The molecule has 8 heteroatoms. The largest absolute Gasteiger partial charge is 0.497 e. The third-order valence-electron chi connectivity index (χ3n) is 5.79. The minimum Gasteiger partial charge on any atom is -0.497 e. The first-order chi connectivity index (χ1) is 15.1. The van der Waals surface area contributed by atoms with Gasteiger partial charge < -0.3 is 14.4 Å². The lowest BCUT2D eigenvalue weighted by Gasteiger charge is -2.40. The summed E-state index contributed by atoms with van der Waals surface area (Å²) < 4.78 is 12.8.